The maximum absolute atomic E-state index is 13.3. The zero-order chi connectivity index (χ0) is 30.3. The smallest absolute Gasteiger partial charge is 0.272 e. The number of sulfonamides is 1. The van der Waals surface area contributed by atoms with Gasteiger partial charge in [-0.1, -0.05) is 43.0 Å². The molecule has 1 atom stereocenters. The highest BCUT2D eigenvalue weighted by molar-refractivity contribution is 8.00. The van der Waals surface area contributed by atoms with Gasteiger partial charge in [0.2, 0.25) is 21.8 Å². The molecule has 0 aliphatic heterocycles. The molecule has 0 fully saturated rings. The van der Waals surface area contributed by atoms with Crippen LogP contribution >= 0.6 is 23.1 Å². The molecule has 2 aromatic carbocycles. The Bertz CT molecular complexity index is 1730. The quantitative estimate of drug-likeness (QED) is 0.149. The summed E-state index contributed by atoms with van der Waals surface area (Å²) in [4.78, 5) is 43.7. The summed E-state index contributed by atoms with van der Waals surface area (Å²) < 4.78 is 24.9. The third-order valence-corrected chi connectivity index (χ3v) is 9.68. The minimum atomic E-state index is -3.75. The number of carbonyl (C=O) groups excluding carboxylic acids is 2. The van der Waals surface area contributed by atoms with Gasteiger partial charge in [-0.15, -0.1) is 11.3 Å². The fourth-order valence-electron chi connectivity index (χ4n) is 4.28. The Morgan fingerprint density at radius 3 is 2.60 bits per heavy atom. The molecule has 4 rings (SSSR count). The fourth-order valence-corrected chi connectivity index (χ4v) is 6.62. The van der Waals surface area contributed by atoms with Gasteiger partial charge in [0.25, 0.3) is 5.56 Å². The molecule has 0 aliphatic carbocycles. The normalized spacial score (nSPS) is 12.3. The highest BCUT2D eigenvalue weighted by Gasteiger charge is 2.22. The number of rotatable bonds is 13. The summed E-state index contributed by atoms with van der Waals surface area (Å²) >= 11 is 2.57. The molecule has 0 unspecified atom stereocenters. The highest BCUT2D eigenvalue weighted by Crippen LogP contribution is 2.27. The van der Waals surface area contributed by atoms with Gasteiger partial charge in [-0.25, -0.2) is 18.5 Å². The molecule has 0 spiro atoms. The molecular formula is C29H33N5O5S3. The molecule has 4 N–H and O–H groups in total. The van der Waals surface area contributed by atoms with Crippen LogP contribution in [0.25, 0.3) is 10.2 Å². The number of carbonyl (C=O) groups is 2. The molecule has 0 aliphatic rings. The van der Waals surface area contributed by atoms with Crippen molar-refractivity contribution >= 4 is 60.8 Å². The molecule has 4 aromatic rings. The number of primary sulfonamides is 1. The van der Waals surface area contributed by atoms with Crippen LogP contribution in [-0.2, 0) is 32.6 Å². The number of thioether (sulfide) groups is 1. The van der Waals surface area contributed by atoms with E-state index >= 15 is 0 Å². The minimum Gasteiger partial charge on any atom is -0.356 e. The lowest BCUT2D eigenvalue weighted by Gasteiger charge is -2.17. The van der Waals surface area contributed by atoms with Crippen molar-refractivity contribution in [3.05, 3.63) is 81.5 Å². The molecule has 2 heterocycles. The average Bonchev–Trinajstić information content (AvgIpc) is 3.42. The Morgan fingerprint density at radius 1 is 1.14 bits per heavy atom. The summed E-state index contributed by atoms with van der Waals surface area (Å²) in [5.41, 5.74) is 3.02. The van der Waals surface area contributed by atoms with Crippen molar-refractivity contribution < 1.29 is 18.0 Å². The Labute approximate surface area is 252 Å². The second-order valence-corrected chi connectivity index (χ2v) is 13.4. The second-order valence-electron chi connectivity index (χ2n) is 9.75. The first-order valence-corrected chi connectivity index (χ1v) is 16.8. The summed E-state index contributed by atoms with van der Waals surface area (Å²) in [6, 6.07) is 15.6. The average molecular weight is 628 g/mol. The van der Waals surface area contributed by atoms with Crippen LogP contribution in [0, 0.1) is 6.92 Å². The van der Waals surface area contributed by atoms with Crippen LogP contribution in [0.4, 0.5) is 5.69 Å². The number of nitrogens with one attached hydrogen (secondary N) is 2. The predicted molar refractivity (Wildman–Crippen MR) is 167 cm³/mol. The Balaban J connectivity index is 1.37. The lowest BCUT2D eigenvalue weighted by Crippen LogP contribution is -2.29. The van der Waals surface area contributed by atoms with Crippen LogP contribution in [0.15, 0.2) is 74.8 Å². The van der Waals surface area contributed by atoms with Crippen LogP contribution in [0.2, 0.25) is 0 Å². The molecule has 2 amide bonds. The van der Waals surface area contributed by atoms with Gasteiger partial charge in [-0.2, -0.15) is 0 Å². The molecule has 0 bridgehead atoms. The van der Waals surface area contributed by atoms with Crippen molar-refractivity contribution in [1.82, 2.24) is 14.9 Å². The van der Waals surface area contributed by atoms with Gasteiger partial charge < -0.3 is 10.6 Å². The van der Waals surface area contributed by atoms with Crippen molar-refractivity contribution in [3.8, 4) is 0 Å². The van der Waals surface area contributed by atoms with Gasteiger partial charge in [0.15, 0.2) is 5.16 Å². The third kappa shape index (κ3) is 8.28. The van der Waals surface area contributed by atoms with E-state index in [9.17, 15) is 22.8 Å². The summed E-state index contributed by atoms with van der Waals surface area (Å²) in [6.45, 7) is 4.53. The first-order valence-electron chi connectivity index (χ1n) is 13.5. The Kier molecular flexibility index (Phi) is 10.5. The van der Waals surface area contributed by atoms with E-state index < -0.39 is 15.3 Å². The van der Waals surface area contributed by atoms with Crippen LogP contribution < -0.4 is 21.3 Å². The summed E-state index contributed by atoms with van der Waals surface area (Å²) in [5, 5.41) is 12.7. The predicted octanol–water partition coefficient (Wildman–Crippen LogP) is 4.06. The number of hydrogen-bond acceptors (Lipinski definition) is 8. The number of aromatic nitrogens is 2. The lowest BCUT2D eigenvalue weighted by molar-refractivity contribution is -0.121. The highest BCUT2D eigenvalue weighted by atomic mass is 32.2. The van der Waals surface area contributed by atoms with Crippen LogP contribution in [0.3, 0.4) is 0 Å². The van der Waals surface area contributed by atoms with E-state index in [1.165, 1.54) is 35.2 Å². The van der Waals surface area contributed by atoms with E-state index in [0.29, 0.717) is 46.9 Å². The van der Waals surface area contributed by atoms with E-state index in [1.807, 2.05) is 43.5 Å². The molecule has 0 radical (unpaired) electrons. The summed E-state index contributed by atoms with van der Waals surface area (Å²) in [6.07, 6.45) is 1.67. The Hall–Kier alpha value is -3.52. The van der Waals surface area contributed by atoms with E-state index in [4.69, 9.17) is 10.1 Å². The number of hydrogen-bond donors (Lipinski definition) is 3. The molecule has 222 valence electrons. The SMILES string of the molecule is CC[C@@H](Sc1nc2ccsc2c(=O)n1CCCC(=O)NCCc1ccc(S(N)(=O)=O)cc1)C(=O)Nc1cccc(C)c1. The van der Waals surface area contributed by atoms with Crippen molar-refractivity contribution in [2.45, 2.75) is 61.4 Å². The third-order valence-electron chi connectivity index (χ3n) is 6.50. The molecule has 2 aromatic heterocycles. The van der Waals surface area contributed by atoms with Crippen molar-refractivity contribution in [3.63, 3.8) is 0 Å². The fraction of sp³-hybridized carbons (Fsp3) is 0.310. The topological polar surface area (TPSA) is 153 Å². The number of benzene rings is 2. The molecule has 13 heteroatoms. The minimum absolute atomic E-state index is 0.0375. The maximum atomic E-state index is 13.3. The first-order chi connectivity index (χ1) is 20.0. The van der Waals surface area contributed by atoms with Gasteiger partial charge in [-0.3, -0.25) is 19.0 Å². The van der Waals surface area contributed by atoms with Gasteiger partial charge in [0.1, 0.15) is 4.70 Å². The van der Waals surface area contributed by atoms with Gasteiger partial charge in [-0.05, 0) is 73.0 Å². The molecule has 10 nitrogen and oxygen atoms in total. The second kappa shape index (κ2) is 14.1. The van der Waals surface area contributed by atoms with Crippen LogP contribution in [0.1, 0.15) is 37.3 Å². The molecular weight excluding hydrogens is 595 g/mol. The van der Waals surface area contributed by atoms with E-state index in [2.05, 4.69) is 10.6 Å². The maximum Gasteiger partial charge on any atom is 0.272 e. The van der Waals surface area contributed by atoms with E-state index in [-0.39, 0.29) is 35.2 Å². The van der Waals surface area contributed by atoms with Crippen molar-refractivity contribution in [2.24, 2.45) is 5.14 Å². The van der Waals surface area contributed by atoms with E-state index in [0.717, 1.165) is 11.1 Å². The lowest BCUT2D eigenvalue weighted by atomic mass is 10.1. The summed E-state index contributed by atoms with van der Waals surface area (Å²) in [7, 11) is -3.75. The standard InChI is InChI=1S/C29H33N5O5S3/c1-3-24(27(36)32-21-7-4-6-19(2)18-21)41-29-33-23-14-17-40-26(23)28(37)34(29)16-5-8-25(35)31-15-13-20-9-11-22(12-10-20)42(30,38)39/h4,6-7,9-12,14,17-18,24H,3,5,8,13,15-16H2,1-2H3,(H,31,35)(H,32,36)(H2,30,38,39)/t24-/m1/s1. The molecule has 0 saturated carbocycles. The largest absolute Gasteiger partial charge is 0.356 e. The van der Waals surface area contributed by atoms with Crippen LogP contribution in [0.5, 0.6) is 0 Å². The van der Waals surface area contributed by atoms with Gasteiger partial charge in [0.05, 0.1) is 15.7 Å². The number of nitrogens with zero attached hydrogens (tertiary/aromatic N) is 2. The first kappa shape index (κ1) is 31.4. The molecule has 42 heavy (non-hydrogen) atoms. The van der Waals surface area contributed by atoms with Crippen molar-refractivity contribution in [1.29, 1.82) is 0 Å². The Morgan fingerprint density at radius 2 is 1.90 bits per heavy atom. The number of thiophene rings is 1. The zero-order valence-corrected chi connectivity index (χ0v) is 25.8. The van der Waals surface area contributed by atoms with E-state index in [1.54, 1.807) is 22.8 Å². The number of fused-ring (bicyclic) bond motifs is 1. The molecule has 0 saturated heterocycles. The summed E-state index contributed by atoms with van der Waals surface area (Å²) in [5.74, 6) is -0.328. The monoisotopic (exact) mass is 627 g/mol. The van der Waals surface area contributed by atoms with Gasteiger partial charge >= 0.3 is 0 Å². The van der Waals surface area contributed by atoms with Crippen LogP contribution in [-0.4, -0.2) is 41.6 Å². The van der Waals surface area contributed by atoms with Gasteiger partial charge in [0, 0.05) is 25.2 Å². The number of amides is 2. The number of anilines is 1. The number of aryl methyl sites for hydroxylation is 1. The zero-order valence-electron chi connectivity index (χ0n) is 23.3. The number of nitrogens with two attached hydrogens (primary N) is 1. The van der Waals surface area contributed by atoms with Crippen molar-refractivity contribution in [2.75, 3.05) is 11.9 Å².